The second-order valence-electron chi connectivity index (χ2n) is 7.20. The Kier molecular flexibility index (Phi) is 6.60. The molecule has 25 heavy (non-hydrogen) atoms. The summed E-state index contributed by atoms with van der Waals surface area (Å²) >= 11 is 12.2. The highest BCUT2D eigenvalue weighted by atomic mass is 35.5. The molecule has 1 amide bonds. The largest absolute Gasteiger partial charge is 0.444 e. The fraction of sp³-hybridized carbons (Fsp3) is 0.611. The molecule has 0 unspecified atom stereocenters. The maximum Gasteiger partial charge on any atom is 0.410 e. The van der Waals surface area contributed by atoms with Crippen LogP contribution in [0.3, 0.4) is 0 Å². The van der Waals surface area contributed by atoms with Crippen LogP contribution < -0.4 is 0 Å². The number of carbonyl (C=O) groups is 1. The number of hydrogen-bond acceptors (Lipinski definition) is 4. The summed E-state index contributed by atoms with van der Waals surface area (Å²) in [7, 11) is 0. The van der Waals surface area contributed by atoms with Gasteiger partial charge in [0.25, 0.3) is 0 Å². The van der Waals surface area contributed by atoms with Crippen LogP contribution in [0, 0.1) is 0 Å². The predicted octanol–water partition coefficient (Wildman–Crippen LogP) is 4.23. The molecular weight excluding hydrogens is 365 g/mol. The molecule has 1 aliphatic rings. The third kappa shape index (κ3) is 5.23. The molecule has 1 N–H and O–H groups in total. The molecule has 0 spiro atoms. The van der Waals surface area contributed by atoms with Crippen molar-refractivity contribution in [2.24, 2.45) is 0 Å². The average molecular weight is 390 g/mol. The van der Waals surface area contributed by atoms with E-state index in [1.807, 2.05) is 26.8 Å². The van der Waals surface area contributed by atoms with Crippen LogP contribution in [0.15, 0.2) is 18.2 Å². The summed E-state index contributed by atoms with van der Waals surface area (Å²) in [5.74, 6) is 0. The Balaban J connectivity index is 2.29. The number of hydrogen-bond donors (Lipinski definition) is 1. The Hall–Kier alpha value is -1.01. The van der Waals surface area contributed by atoms with Crippen molar-refractivity contribution in [2.75, 3.05) is 26.3 Å². The van der Waals surface area contributed by atoms with Crippen molar-refractivity contribution in [1.82, 2.24) is 4.90 Å². The maximum atomic E-state index is 12.5. The van der Waals surface area contributed by atoms with E-state index in [1.165, 1.54) is 0 Å². The molecule has 140 valence electrons. The number of rotatable bonds is 4. The van der Waals surface area contributed by atoms with Gasteiger partial charge in [-0.1, -0.05) is 29.3 Å². The molecule has 0 aliphatic carbocycles. The normalized spacial score (nSPS) is 21.3. The lowest BCUT2D eigenvalue weighted by Crippen LogP contribution is -2.53. The van der Waals surface area contributed by atoms with Gasteiger partial charge in [-0.05, 0) is 51.3 Å². The first-order valence-corrected chi connectivity index (χ1v) is 9.11. The summed E-state index contributed by atoms with van der Waals surface area (Å²) in [6, 6.07) is 5.33. The molecule has 1 fully saturated rings. The minimum absolute atomic E-state index is 0.0405. The molecule has 1 heterocycles. The molecule has 0 aromatic heterocycles. The fourth-order valence-electron chi connectivity index (χ4n) is 2.88. The smallest absolute Gasteiger partial charge is 0.410 e. The van der Waals surface area contributed by atoms with Gasteiger partial charge in [-0.3, -0.25) is 0 Å². The molecule has 2 rings (SSSR count). The summed E-state index contributed by atoms with van der Waals surface area (Å²) < 4.78 is 11.6. The first-order chi connectivity index (χ1) is 11.7. The molecule has 5 nitrogen and oxygen atoms in total. The van der Waals surface area contributed by atoms with Crippen LogP contribution in [-0.4, -0.2) is 48.0 Å². The molecule has 1 aromatic carbocycles. The molecule has 1 aromatic rings. The first kappa shape index (κ1) is 20.3. The van der Waals surface area contributed by atoms with Crippen molar-refractivity contribution in [2.45, 2.75) is 44.8 Å². The van der Waals surface area contributed by atoms with Crippen molar-refractivity contribution in [3.63, 3.8) is 0 Å². The van der Waals surface area contributed by atoms with E-state index >= 15 is 0 Å². The number of nitrogens with zero attached hydrogens (tertiary/aromatic N) is 1. The molecule has 1 saturated heterocycles. The van der Waals surface area contributed by atoms with Crippen LogP contribution in [0.5, 0.6) is 0 Å². The van der Waals surface area contributed by atoms with Crippen LogP contribution in [0.4, 0.5) is 4.79 Å². The maximum absolute atomic E-state index is 12.5. The van der Waals surface area contributed by atoms with Gasteiger partial charge in [-0.25, -0.2) is 4.79 Å². The summed E-state index contributed by atoms with van der Waals surface area (Å²) in [4.78, 5) is 14.1. The monoisotopic (exact) mass is 389 g/mol. The molecule has 0 saturated carbocycles. The zero-order chi connectivity index (χ0) is 18.7. The Bertz CT molecular complexity index is 618. The lowest BCUT2D eigenvalue weighted by molar-refractivity contribution is -0.120. The fourth-order valence-corrected chi connectivity index (χ4v) is 3.18. The molecule has 1 aliphatic heterocycles. The van der Waals surface area contributed by atoms with Gasteiger partial charge < -0.3 is 19.5 Å². The van der Waals surface area contributed by atoms with Gasteiger partial charge in [0.05, 0.1) is 23.2 Å². The Labute approximate surface area is 158 Å². The third-order valence-electron chi connectivity index (χ3n) is 4.02. The number of aliphatic hydroxyl groups is 1. The predicted molar refractivity (Wildman–Crippen MR) is 98.2 cm³/mol. The summed E-state index contributed by atoms with van der Waals surface area (Å²) in [6.45, 7) is 6.72. The van der Waals surface area contributed by atoms with Gasteiger partial charge in [0.2, 0.25) is 0 Å². The number of halogens is 2. The van der Waals surface area contributed by atoms with Crippen LogP contribution >= 0.6 is 23.2 Å². The van der Waals surface area contributed by atoms with E-state index in [4.69, 9.17) is 32.7 Å². The SMILES string of the molecule is CC(C)(C)OC(=O)N1CCO[C@](CCCO)(c2ccc(Cl)c(Cl)c2)C1. The van der Waals surface area contributed by atoms with Gasteiger partial charge in [0.15, 0.2) is 0 Å². The molecule has 7 heteroatoms. The second kappa shape index (κ2) is 8.12. The number of amides is 1. The average Bonchev–Trinajstić information content (AvgIpc) is 2.54. The Morgan fingerprint density at radius 2 is 2.08 bits per heavy atom. The zero-order valence-corrected chi connectivity index (χ0v) is 16.4. The van der Waals surface area contributed by atoms with Crippen molar-refractivity contribution in [3.05, 3.63) is 33.8 Å². The van der Waals surface area contributed by atoms with E-state index in [9.17, 15) is 9.90 Å². The van der Waals surface area contributed by atoms with Crippen LogP contribution in [0.25, 0.3) is 0 Å². The van der Waals surface area contributed by atoms with E-state index in [-0.39, 0.29) is 12.7 Å². The number of morpholine rings is 1. The van der Waals surface area contributed by atoms with Crippen molar-refractivity contribution in [3.8, 4) is 0 Å². The quantitative estimate of drug-likeness (QED) is 0.836. The van der Waals surface area contributed by atoms with Crippen molar-refractivity contribution in [1.29, 1.82) is 0 Å². The Morgan fingerprint density at radius 3 is 2.68 bits per heavy atom. The highest BCUT2D eigenvalue weighted by Gasteiger charge is 2.41. The van der Waals surface area contributed by atoms with Gasteiger partial charge >= 0.3 is 6.09 Å². The number of carbonyl (C=O) groups excluding carboxylic acids is 1. The molecule has 1 atom stereocenters. The van der Waals surface area contributed by atoms with E-state index in [0.29, 0.717) is 42.6 Å². The third-order valence-corrected chi connectivity index (χ3v) is 4.76. The summed E-state index contributed by atoms with van der Waals surface area (Å²) in [5.41, 5.74) is -0.470. The number of benzene rings is 1. The minimum atomic E-state index is -0.744. The van der Waals surface area contributed by atoms with Crippen molar-refractivity contribution >= 4 is 29.3 Å². The number of ether oxygens (including phenoxy) is 2. The van der Waals surface area contributed by atoms with Gasteiger partial charge in [-0.15, -0.1) is 0 Å². The minimum Gasteiger partial charge on any atom is -0.444 e. The van der Waals surface area contributed by atoms with Crippen molar-refractivity contribution < 1.29 is 19.4 Å². The number of aliphatic hydroxyl groups excluding tert-OH is 1. The Morgan fingerprint density at radius 1 is 1.36 bits per heavy atom. The summed E-state index contributed by atoms with van der Waals surface area (Å²) in [5, 5.41) is 10.2. The first-order valence-electron chi connectivity index (χ1n) is 8.35. The lowest BCUT2D eigenvalue weighted by atomic mass is 9.87. The highest BCUT2D eigenvalue weighted by molar-refractivity contribution is 6.42. The molecule has 0 bridgehead atoms. The van der Waals surface area contributed by atoms with E-state index in [2.05, 4.69) is 0 Å². The lowest BCUT2D eigenvalue weighted by Gasteiger charge is -2.43. The van der Waals surface area contributed by atoms with Gasteiger partial charge in [-0.2, -0.15) is 0 Å². The zero-order valence-electron chi connectivity index (χ0n) is 14.8. The van der Waals surface area contributed by atoms with E-state index in [0.717, 1.165) is 5.56 Å². The van der Waals surface area contributed by atoms with E-state index in [1.54, 1.807) is 17.0 Å². The molecular formula is C18H25Cl2NO4. The highest BCUT2D eigenvalue weighted by Crippen LogP contribution is 2.37. The van der Waals surface area contributed by atoms with Gasteiger partial charge in [0.1, 0.15) is 11.2 Å². The van der Waals surface area contributed by atoms with Gasteiger partial charge in [0, 0.05) is 13.2 Å². The van der Waals surface area contributed by atoms with Crippen LogP contribution in [0.2, 0.25) is 10.0 Å². The standard InChI is InChI=1S/C18H25Cl2NO4/c1-17(2,3)25-16(23)21-8-10-24-18(12-21,7-4-9-22)13-5-6-14(19)15(20)11-13/h5-6,11,22H,4,7-10,12H2,1-3H3/t18-/m0/s1. The topological polar surface area (TPSA) is 59.0 Å². The molecule has 0 radical (unpaired) electrons. The van der Waals surface area contributed by atoms with Crippen LogP contribution in [0.1, 0.15) is 39.2 Å². The van der Waals surface area contributed by atoms with E-state index < -0.39 is 11.2 Å². The summed E-state index contributed by atoms with van der Waals surface area (Å²) in [6.07, 6.45) is 0.729. The van der Waals surface area contributed by atoms with Crippen LogP contribution in [-0.2, 0) is 15.1 Å². The second-order valence-corrected chi connectivity index (χ2v) is 8.02.